The number of carbonyl (C=O) groups is 2. The predicted molar refractivity (Wildman–Crippen MR) is 93.9 cm³/mol. The number of amides is 2. The van der Waals surface area contributed by atoms with Crippen molar-refractivity contribution in [2.45, 2.75) is 32.7 Å². The van der Waals surface area contributed by atoms with Crippen molar-refractivity contribution >= 4 is 11.8 Å². The van der Waals surface area contributed by atoms with Crippen LogP contribution in [0.1, 0.15) is 35.7 Å². The van der Waals surface area contributed by atoms with Crippen LogP contribution in [0.4, 0.5) is 0 Å². The normalized spacial score (nSPS) is 24.8. The van der Waals surface area contributed by atoms with Crippen LogP contribution in [0.25, 0.3) is 0 Å². The standard InChI is InChI=1S/C19H27N3O2/c1-14-3-5-16(6-4-14)18(23)21-9-11-22(12-10-21)19(24)17-7-8-20-15(2)13-17/h3-6,15,17,20H,7-13H2,1-2H3/t15-,17-/m0/s1. The van der Waals surface area contributed by atoms with E-state index in [2.05, 4.69) is 12.2 Å². The van der Waals surface area contributed by atoms with Crippen LogP contribution in [0.3, 0.4) is 0 Å². The molecule has 2 amide bonds. The van der Waals surface area contributed by atoms with Crippen LogP contribution in [0.5, 0.6) is 0 Å². The minimum Gasteiger partial charge on any atom is -0.339 e. The van der Waals surface area contributed by atoms with Gasteiger partial charge >= 0.3 is 0 Å². The van der Waals surface area contributed by atoms with Gasteiger partial charge in [-0.2, -0.15) is 0 Å². The molecule has 2 aliphatic heterocycles. The Labute approximate surface area is 144 Å². The summed E-state index contributed by atoms with van der Waals surface area (Å²) in [4.78, 5) is 29.0. The number of nitrogens with one attached hydrogen (secondary N) is 1. The van der Waals surface area contributed by atoms with E-state index in [4.69, 9.17) is 0 Å². The van der Waals surface area contributed by atoms with Gasteiger partial charge in [-0.25, -0.2) is 0 Å². The first-order valence-corrected chi connectivity index (χ1v) is 8.92. The Balaban J connectivity index is 1.54. The Bertz CT molecular complexity index is 591. The zero-order chi connectivity index (χ0) is 17.1. The van der Waals surface area contributed by atoms with E-state index >= 15 is 0 Å². The molecule has 24 heavy (non-hydrogen) atoms. The summed E-state index contributed by atoms with van der Waals surface area (Å²) in [6.07, 6.45) is 1.84. The van der Waals surface area contributed by atoms with Gasteiger partial charge in [0, 0.05) is 43.7 Å². The summed E-state index contributed by atoms with van der Waals surface area (Å²) in [5, 5.41) is 3.39. The lowest BCUT2D eigenvalue weighted by atomic mass is 9.92. The van der Waals surface area contributed by atoms with Gasteiger partial charge in [-0.15, -0.1) is 0 Å². The van der Waals surface area contributed by atoms with Crippen LogP contribution in [0, 0.1) is 12.8 Å². The van der Waals surface area contributed by atoms with Crippen molar-refractivity contribution < 1.29 is 9.59 Å². The first-order valence-electron chi connectivity index (χ1n) is 8.92. The fourth-order valence-electron chi connectivity index (χ4n) is 3.62. The number of piperidine rings is 1. The molecule has 0 bridgehead atoms. The lowest BCUT2D eigenvalue weighted by Gasteiger charge is -2.38. The smallest absolute Gasteiger partial charge is 0.253 e. The van der Waals surface area contributed by atoms with Crippen molar-refractivity contribution in [1.82, 2.24) is 15.1 Å². The molecule has 2 atom stereocenters. The SMILES string of the molecule is Cc1ccc(C(=O)N2CCN(C(=O)[C@H]3CCN[C@@H](C)C3)CC2)cc1. The molecule has 2 saturated heterocycles. The van der Waals surface area contributed by atoms with Gasteiger partial charge in [0.15, 0.2) is 0 Å². The van der Waals surface area contributed by atoms with Crippen LogP contribution in [0.15, 0.2) is 24.3 Å². The maximum atomic E-state index is 12.7. The number of aryl methyl sites for hydroxylation is 1. The summed E-state index contributed by atoms with van der Waals surface area (Å²) >= 11 is 0. The molecule has 0 spiro atoms. The number of rotatable bonds is 2. The Morgan fingerprint density at radius 2 is 1.67 bits per heavy atom. The van der Waals surface area contributed by atoms with Crippen LogP contribution in [-0.4, -0.2) is 60.4 Å². The molecule has 3 rings (SSSR count). The van der Waals surface area contributed by atoms with Gasteiger partial charge in [0.1, 0.15) is 0 Å². The predicted octanol–water partition coefficient (Wildman–Crippen LogP) is 1.67. The Kier molecular flexibility index (Phi) is 5.19. The minimum atomic E-state index is 0.0672. The third kappa shape index (κ3) is 3.78. The molecule has 1 aromatic carbocycles. The molecule has 2 heterocycles. The number of hydrogen-bond acceptors (Lipinski definition) is 3. The summed E-state index contributed by atoms with van der Waals surface area (Å²) in [6.45, 7) is 7.61. The van der Waals surface area contributed by atoms with Gasteiger partial charge in [0.2, 0.25) is 5.91 Å². The summed E-state index contributed by atoms with van der Waals surface area (Å²) in [7, 11) is 0. The van der Waals surface area contributed by atoms with Gasteiger partial charge in [0.05, 0.1) is 0 Å². The van der Waals surface area contributed by atoms with Gasteiger partial charge < -0.3 is 15.1 Å². The topological polar surface area (TPSA) is 52.7 Å². The molecule has 0 radical (unpaired) electrons. The number of piperazine rings is 1. The van der Waals surface area contributed by atoms with Crippen molar-refractivity contribution in [3.8, 4) is 0 Å². The molecule has 1 aromatic rings. The number of hydrogen-bond donors (Lipinski definition) is 1. The van der Waals surface area contributed by atoms with E-state index in [1.165, 1.54) is 0 Å². The number of benzene rings is 1. The number of nitrogens with zero attached hydrogens (tertiary/aromatic N) is 2. The van der Waals surface area contributed by atoms with E-state index in [0.29, 0.717) is 32.2 Å². The van der Waals surface area contributed by atoms with Crippen molar-refractivity contribution in [2.24, 2.45) is 5.92 Å². The van der Waals surface area contributed by atoms with Crippen molar-refractivity contribution in [3.63, 3.8) is 0 Å². The molecule has 5 nitrogen and oxygen atoms in total. The molecule has 5 heteroatoms. The van der Waals surface area contributed by atoms with Crippen molar-refractivity contribution in [3.05, 3.63) is 35.4 Å². The first kappa shape index (κ1) is 17.0. The summed E-state index contributed by atoms with van der Waals surface area (Å²) in [6, 6.07) is 8.10. The highest BCUT2D eigenvalue weighted by molar-refractivity contribution is 5.94. The minimum absolute atomic E-state index is 0.0672. The highest BCUT2D eigenvalue weighted by atomic mass is 16.2. The monoisotopic (exact) mass is 329 g/mol. The van der Waals surface area contributed by atoms with E-state index in [1.54, 1.807) is 0 Å². The molecular formula is C19H27N3O2. The Morgan fingerprint density at radius 1 is 1.04 bits per heavy atom. The summed E-state index contributed by atoms with van der Waals surface area (Å²) in [5.41, 5.74) is 1.88. The second-order valence-corrected chi connectivity index (χ2v) is 7.06. The van der Waals surface area contributed by atoms with Gasteiger partial charge in [-0.3, -0.25) is 9.59 Å². The molecule has 130 valence electrons. The van der Waals surface area contributed by atoms with Crippen LogP contribution >= 0.6 is 0 Å². The lowest BCUT2D eigenvalue weighted by Crippen LogP contribution is -2.53. The third-order valence-electron chi connectivity index (χ3n) is 5.15. The Hall–Kier alpha value is -1.88. The van der Waals surface area contributed by atoms with Gasteiger partial charge in [0.25, 0.3) is 5.91 Å². The average Bonchev–Trinajstić information content (AvgIpc) is 2.61. The number of carbonyl (C=O) groups excluding carboxylic acids is 2. The van der Waals surface area contributed by atoms with Crippen LogP contribution in [-0.2, 0) is 4.79 Å². The first-order chi connectivity index (χ1) is 11.5. The summed E-state index contributed by atoms with van der Waals surface area (Å²) < 4.78 is 0. The molecule has 1 N–H and O–H groups in total. The fraction of sp³-hybridized carbons (Fsp3) is 0.579. The Morgan fingerprint density at radius 3 is 2.29 bits per heavy atom. The van der Waals surface area contributed by atoms with E-state index in [0.717, 1.165) is 30.5 Å². The largest absolute Gasteiger partial charge is 0.339 e. The van der Waals surface area contributed by atoms with Gasteiger partial charge in [-0.1, -0.05) is 17.7 Å². The van der Waals surface area contributed by atoms with Gasteiger partial charge in [-0.05, 0) is 45.4 Å². The molecule has 0 aliphatic carbocycles. The van der Waals surface area contributed by atoms with E-state index in [-0.39, 0.29) is 17.7 Å². The highest BCUT2D eigenvalue weighted by Gasteiger charge is 2.31. The quantitative estimate of drug-likeness (QED) is 0.898. The molecular weight excluding hydrogens is 302 g/mol. The zero-order valence-electron chi connectivity index (χ0n) is 14.6. The highest BCUT2D eigenvalue weighted by Crippen LogP contribution is 2.20. The lowest BCUT2D eigenvalue weighted by molar-refractivity contribution is -0.138. The molecule has 2 fully saturated rings. The van der Waals surface area contributed by atoms with Crippen molar-refractivity contribution in [2.75, 3.05) is 32.7 Å². The maximum Gasteiger partial charge on any atom is 0.253 e. The molecule has 0 saturated carbocycles. The zero-order valence-corrected chi connectivity index (χ0v) is 14.6. The van der Waals surface area contributed by atoms with Crippen molar-refractivity contribution in [1.29, 1.82) is 0 Å². The summed E-state index contributed by atoms with van der Waals surface area (Å²) in [5.74, 6) is 0.476. The molecule has 0 aromatic heterocycles. The van der Waals surface area contributed by atoms with E-state index < -0.39 is 0 Å². The molecule has 2 aliphatic rings. The van der Waals surface area contributed by atoms with E-state index in [9.17, 15) is 9.59 Å². The second-order valence-electron chi connectivity index (χ2n) is 7.06. The van der Waals surface area contributed by atoms with E-state index in [1.807, 2.05) is 41.0 Å². The fourth-order valence-corrected chi connectivity index (χ4v) is 3.62. The van der Waals surface area contributed by atoms with Crippen LogP contribution < -0.4 is 5.32 Å². The average molecular weight is 329 g/mol. The molecule has 0 unspecified atom stereocenters. The maximum absolute atomic E-state index is 12.7. The second kappa shape index (κ2) is 7.34. The third-order valence-corrected chi connectivity index (χ3v) is 5.15. The van der Waals surface area contributed by atoms with Crippen LogP contribution in [0.2, 0.25) is 0 Å².